The van der Waals surface area contributed by atoms with Crippen LogP contribution in [0.3, 0.4) is 0 Å². The first-order chi connectivity index (χ1) is 6.47. The molecule has 1 fully saturated rings. The van der Waals surface area contributed by atoms with Crippen LogP contribution in [0.2, 0.25) is 0 Å². The van der Waals surface area contributed by atoms with Gasteiger partial charge in [0.1, 0.15) is 5.60 Å². The van der Waals surface area contributed by atoms with Crippen molar-refractivity contribution in [1.29, 1.82) is 0 Å². The molecule has 1 N–H and O–H groups in total. The zero-order valence-corrected chi connectivity index (χ0v) is 9.95. The number of ether oxygens (including phenoxy) is 1. The summed E-state index contributed by atoms with van der Waals surface area (Å²) in [5, 5.41) is 2.81. The number of hydrogen-bond donors (Lipinski definition) is 1. The zero-order valence-electron chi connectivity index (χ0n) is 9.13. The lowest BCUT2D eigenvalue weighted by Crippen LogP contribution is -2.35. The molecule has 0 radical (unpaired) electrons. The fourth-order valence-electron chi connectivity index (χ4n) is 1.29. The third kappa shape index (κ3) is 4.74. The third-order valence-electron chi connectivity index (χ3n) is 1.96. The van der Waals surface area contributed by atoms with E-state index in [1.807, 2.05) is 32.5 Å². The van der Waals surface area contributed by atoms with Gasteiger partial charge in [0.2, 0.25) is 0 Å². The molecule has 0 aromatic heterocycles. The summed E-state index contributed by atoms with van der Waals surface area (Å²) in [6.45, 7) is 6.37. The van der Waals surface area contributed by atoms with Crippen LogP contribution in [0.15, 0.2) is 0 Å². The van der Waals surface area contributed by atoms with Gasteiger partial charge in [0, 0.05) is 6.54 Å². The second kappa shape index (κ2) is 4.91. The molecule has 14 heavy (non-hydrogen) atoms. The molecule has 3 nitrogen and oxygen atoms in total. The highest BCUT2D eigenvalue weighted by Crippen LogP contribution is 2.22. The van der Waals surface area contributed by atoms with Gasteiger partial charge in [-0.1, -0.05) is 0 Å². The molecule has 1 rings (SSSR count). The fourth-order valence-corrected chi connectivity index (χ4v) is 2.57. The Kier molecular flexibility index (Phi) is 4.11. The number of nitrogens with one attached hydrogen (secondary N) is 1. The second-order valence-corrected chi connectivity index (χ2v) is 5.76. The molecule has 1 aliphatic heterocycles. The normalized spacial score (nSPS) is 22.1. The molecule has 1 aliphatic rings. The summed E-state index contributed by atoms with van der Waals surface area (Å²) >= 11 is 1.95. The van der Waals surface area contributed by atoms with E-state index in [2.05, 4.69) is 5.32 Å². The monoisotopic (exact) mass is 217 g/mol. The Morgan fingerprint density at radius 2 is 2.29 bits per heavy atom. The Balaban J connectivity index is 2.14. The number of carbonyl (C=O) groups is 1. The van der Waals surface area contributed by atoms with E-state index in [0.717, 1.165) is 12.3 Å². The molecule has 1 saturated heterocycles. The smallest absolute Gasteiger partial charge is 0.407 e. The van der Waals surface area contributed by atoms with Gasteiger partial charge >= 0.3 is 6.09 Å². The second-order valence-electron chi connectivity index (χ2n) is 4.61. The topological polar surface area (TPSA) is 38.3 Å². The lowest BCUT2D eigenvalue weighted by Gasteiger charge is -2.20. The lowest BCUT2D eigenvalue weighted by molar-refractivity contribution is 0.0521. The van der Waals surface area contributed by atoms with Crippen LogP contribution < -0.4 is 5.32 Å². The number of amides is 1. The minimum atomic E-state index is -0.394. The van der Waals surface area contributed by atoms with Crippen LogP contribution in [0, 0.1) is 5.92 Å². The maximum Gasteiger partial charge on any atom is 0.407 e. The summed E-state index contributed by atoms with van der Waals surface area (Å²) in [5.41, 5.74) is -0.394. The highest BCUT2D eigenvalue weighted by molar-refractivity contribution is 7.99. The highest BCUT2D eigenvalue weighted by Gasteiger charge is 2.19. The van der Waals surface area contributed by atoms with Gasteiger partial charge < -0.3 is 10.1 Å². The molecule has 0 aliphatic carbocycles. The summed E-state index contributed by atoms with van der Waals surface area (Å²) in [5.74, 6) is 3.02. The van der Waals surface area contributed by atoms with Gasteiger partial charge in [0.05, 0.1) is 0 Å². The minimum Gasteiger partial charge on any atom is -0.444 e. The molecule has 0 spiro atoms. The van der Waals surface area contributed by atoms with Crippen LogP contribution in [-0.2, 0) is 4.74 Å². The zero-order chi connectivity index (χ0) is 10.6. The minimum absolute atomic E-state index is 0.297. The number of hydrogen-bond acceptors (Lipinski definition) is 3. The van der Waals surface area contributed by atoms with Crippen LogP contribution >= 0.6 is 11.8 Å². The van der Waals surface area contributed by atoms with Gasteiger partial charge in [-0.2, -0.15) is 11.8 Å². The van der Waals surface area contributed by atoms with Crippen molar-refractivity contribution in [3.05, 3.63) is 0 Å². The van der Waals surface area contributed by atoms with Crippen molar-refractivity contribution in [1.82, 2.24) is 5.32 Å². The predicted octanol–water partition coefficient (Wildman–Crippen LogP) is 2.26. The molecular formula is C10H19NO2S. The van der Waals surface area contributed by atoms with Gasteiger partial charge in [0.15, 0.2) is 0 Å². The molecule has 1 unspecified atom stereocenters. The molecular weight excluding hydrogens is 198 g/mol. The number of thioether (sulfide) groups is 1. The summed E-state index contributed by atoms with van der Waals surface area (Å²) in [4.78, 5) is 11.3. The lowest BCUT2D eigenvalue weighted by atomic mass is 10.1. The van der Waals surface area contributed by atoms with Crippen molar-refractivity contribution >= 4 is 17.9 Å². The molecule has 0 aromatic carbocycles. The number of rotatable bonds is 2. The maximum absolute atomic E-state index is 11.3. The Labute approximate surface area is 90.0 Å². The van der Waals surface area contributed by atoms with Crippen molar-refractivity contribution < 1.29 is 9.53 Å². The molecule has 1 heterocycles. The van der Waals surface area contributed by atoms with Crippen molar-refractivity contribution in [2.75, 3.05) is 18.1 Å². The van der Waals surface area contributed by atoms with Gasteiger partial charge in [-0.05, 0) is 44.6 Å². The van der Waals surface area contributed by atoms with Crippen LogP contribution in [0.4, 0.5) is 4.79 Å². The largest absolute Gasteiger partial charge is 0.444 e. The van der Waals surface area contributed by atoms with E-state index in [9.17, 15) is 4.79 Å². The Morgan fingerprint density at radius 3 is 2.79 bits per heavy atom. The van der Waals surface area contributed by atoms with Gasteiger partial charge in [-0.15, -0.1) is 0 Å². The average molecular weight is 217 g/mol. The van der Waals surface area contributed by atoms with Crippen LogP contribution in [0.25, 0.3) is 0 Å². The summed E-state index contributed by atoms with van der Waals surface area (Å²) in [6.07, 6.45) is 0.912. The first-order valence-corrected chi connectivity index (χ1v) is 6.17. The Bertz CT molecular complexity index is 195. The van der Waals surface area contributed by atoms with E-state index in [1.165, 1.54) is 12.2 Å². The highest BCUT2D eigenvalue weighted by atomic mass is 32.2. The molecule has 0 bridgehead atoms. The molecule has 0 aromatic rings. The summed E-state index contributed by atoms with van der Waals surface area (Å²) < 4.78 is 5.14. The van der Waals surface area contributed by atoms with Crippen LogP contribution in [-0.4, -0.2) is 29.7 Å². The molecule has 0 saturated carbocycles. The number of alkyl carbamates (subject to hydrolysis) is 1. The van der Waals surface area contributed by atoms with E-state index >= 15 is 0 Å². The average Bonchev–Trinajstić information content (AvgIpc) is 2.49. The Morgan fingerprint density at radius 1 is 1.57 bits per heavy atom. The van der Waals surface area contributed by atoms with E-state index in [1.54, 1.807) is 0 Å². The van der Waals surface area contributed by atoms with Gasteiger partial charge in [0.25, 0.3) is 0 Å². The maximum atomic E-state index is 11.3. The van der Waals surface area contributed by atoms with Crippen LogP contribution in [0.5, 0.6) is 0 Å². The third-order valence-corrected chi connectivity index (χ3v) is 3.19. The standard InChI is InChI=1S/C10H19NO2S/c1-10(2,3)13-9(12)11-6-8-4-5-14-7-8/h8H,4-7H2,1-3H3,(H,11,12). The van der Waals surface area contributed by atoms with E-state index in [0.29, 0.717) is 5.92 Å². The summed E-state index contributed by atoms with van der Waals surface area (Å²) in [7, 11) is 0. The van der Waals surface area contributed by atoms with Gasteiger partial charge in [-0.3, -0.25) is 0 Å². The van der Waals surface area contributed by atoms with Crippen LogP contribution in [0.1, 0.15) is 27.2 Å². The first-order valence-electron chi connectivity index (χ1n) is 5.02. The molecule has 82 valence electrons. The van der Waals surface area contributed by atoms with Gasteiger partial charge in [-0.25, -0.2) is 4.79 Å². The predicted molar refractivity (Wildman–Crippen MR) is 59.7 cm³/mol. The summed E-state index contributed by atoms with van der Waals surface area (Å²) in [6, 6.07) is 0. The molecule has 1 atom stereocenters. The van der Waals surface area contributed by atoms with Crippen molar-refractivity contribution in [3.63, 3.8) is 0 Å². The van der Waals surface area contributed by atoms with E-state index in [4.69, 9.17) is 4.74 Å². The fraction of sp³-hybridized carbons (Fsp3) is 0.900. The Hall–Kier alpha value is -0.380. The molecule has 4 heteroatoms. The van der Waals surface area contributed by atoms with Crippen molar-refractivity contribution in [3.8, 4) is 0 Å². The van der Waals surface area contributed by atoms with Crippen molar-refractivity contribution in [2.24, 2.45) is 5.92 Å². The van der Waals surface area contributed by atoms with E-state index in [-0.39, 0.29) is 6.09 Å². The SMILES string of the molecule is CC(C)(C)OC(=O)NCC1CCSC1. The van der Waals surface area contributed by atoms with Crippen molar-refractivity contribution in [2.45, 2.75) is 32.8 Å². The quantitative estimate of drug-likeness (QED) is 0.771. The number of carbonyl (C=O) groups excluding carboxylic acids is 1. The first kappa shape index (κ1) is 11.7. The molecule has 1 amide bonds. The van der Waals surface area contributed by atoms with E-state index < -0.39 is 5.60 Å².